The molecule has 0 aliphatic heterocycles. The molecule has 5 heteroatoms. The first-order valence-electron chi connectivity index (χ1n) is 26.5. The van der Waals surface area contributed by atoms with E-state index in [2.05, 4.69) is 57.2 Å². The standard InChI is InChI=1S/C55H102O5/c1-4-7-10-13-16-19-22-25-27-28-30-31-33-36-39-42-45-48-54(56)59-52-53(51-58-50-47-44-41-38-35-24-21-18-15-12-9-6-3)60-55(57)49-46-43-40-37-34-32-29-26-23-20-17-14-11-8-5-2/h17,20,25-27,29,53H,4-16,18-19,21-24,28,30-52H2,1-3H3/b20-17-,27-25-,29-26-. The van der Waals surface area contributed by atoms with E-state index in [0.29, 0.717) is 19.4 Å². The molecule has 0 saturated carbocycles. The third-order valence-electron chi connectivity index (χ3n) is 11.6. The van der Waals surface area contributed by atoms with Crippen LogP contribution in [0.1, 0.15) is 278 Å². The maximum Gasteiger partial charge on any atom is 0.306 e. The fourth-order valence-corrected chi connectivity index (χ4v) is 7.65. The Balaban J connectivity index is 4.24. The molecule has 352 valence electrons. The van der Waals surface area contributed by atoms with E-state index in [1.54, 1.807) is 0 Å². The number of esters is 2. The van der Waals surface area contributed by atoms with E-state index in [1.807, 2.05) is 0 Å². The van der Waals surface area contributed by atoms with Crippen molar-refractivity contribution in [2.75, 3.05) is 19.8 Å². The number of rotatable bonds is 49. The molecule has 0 amide bonds. The second kappa shape index (κ2) is 51.5. The predicted molar refractivity (Wildman–Crippen MR) is 261 cm³/mol. The number of hydrogen-bond donors (Lipinski definition) is 0. The molecule has 0 radical (unpaired) electrons. The van der Waals surface area contributed by atoms with Crippen LogP contribution in [0.25, 0.3) is 0 Å². The first kappa shape index (κ1) is 58.1. The van der Waals surface area contributed by atoms with Crippen molar-refractivity contribution >= 4 is 11.9 Å². The zero-order valence-corrected chi connectivity index (χ0v) is 40.5. The second-order valence-electron chi connectivity index (χ2n) is 17.8. The van der Waals surface area contributed by atoms with Crippen molar-refractivity contribution in [1.29, 1.82) is 0 Å². The normalized spacial score (nSPS) is 12.4. The summed E-state index contributed by atoms with van der Waals surface area (Å²) in [5, 5.41) is 0. The number of carbonyl (C=O) groups is 2. The minimum absolute atomic E-state index is 0.0819. The van der Waals surface area contributed by atoms with E-state index in [-0.39, 0.29) is 25.2 Å². The van der Waals surface area contributed by atoms with Gasteiger partial charge in [0.25, 0.3) is 0 Å². The van der Waals surface area contributed by atoms with Crippen LogP contribution in [0, 0.1) is 0 Å². The largest absolute Gasteiger partial charge is 0.462 e. The molecule has 1 unspecified atom stereocenters. The van der Waals surface area contributed by atoms with Crippen molar-refractivity contribution in [3.63, 3.8) is 0 Å². The summed E-state index contributed by atoms with van der Waals surface area (Å²) < 4.78 is 17.4. The summed E-state index contributed by atoms with van der Waals surface area (Å²) in [7, 11) is 0. The van der Waals surface area contributed by atoms with Crippen LogP contribution < -0.4 is 0 Å². The van der Waals surface area contributed by atoms with Gasteiger partial charge in [0.1, 0.15) is 6.61 Å². The van der Waals surface area contributed by atoms with Gasteiger partial charge in [-0.15, -0.1) is 0 Å². The lowest BCUT2D eigenvalue weighted by molar-refractivity contribution is -0.163. The Bertz CT molecular complexity index is 955. The minimum atomic E-state index is -0.540. The SMILES string of the molecule is CCCCC/C=C\C/C=C\CCCCCCCC(=O)OC(COCCCCCCCCCCCCCC)COC(=O)CCCCCCCCC/C=C\CCCCCCCC. The van der Waals surface area contributed by atoms with Gasteiger partial charge in [0.05, 0.1) is 6.61 Å². The quantitative estimate of drug-likeness (QED) is 0.0347. The molecule has 60 heavy (non-hydrogen) atoms. The molecule has 0 N–H and O–H groups in total. The van der Waals surface area contributed by atoms with Crippen LogP contribution in [0.2, 0.25) is 0 Å². The van der Waals surface area contributed by atoms with Crippen LogP contribution in [0.4, 0.5) is 0 Å². The van der Waals surface area contributed by atoms with Crippen LogP contribution in [0.5, 0.6) is 0 Å². The predicted octanol–water partition coefficient (Wildman–Crippen LogP) is 17.8. The maximum atomic E-state index is 12.8. The lowest BCUT2D eigenvalue weighted by Crippen LogP contribution is -2.30. The lowest BCUT2D eigenvalue weighted by atomic mass is 10.1. The van der Waals surface area contributed by atoms with Crippen LogP contribution >= 0.6 is 0 Å². The van der Waals surface area contributed by atoms with E-state index in [4.69, 9.17) is 14.2 Å². The Morgan fingerprint density at radius 2 is 0.700 bits per heavy atom. The van der Waals surface area contributed by atoms with Gasteiger partial charge in [-0.25, -0.2) is 0 Å². The van der Waals surface area contributed by atoms with Gasteiger partial charge in [0.15, 0.2) is 6.10 Å². The van der Waals surface area contributed by atoms with Gasteiger partial charge < -0.3 is 14.2 Å². The molecule has 0 aromatic carbocycles. The summed E-state index contributed by atoms with van der Waals surface area (Å²) in [4.78, 5) is 25.4. The highest BCUT2D eigenvalue weighted by atomic mass is 16.6. The molecule has 0 aliphatic rings. The average molecular weight is 843 g/mol. The van der Waals surface area contributed by atoms with Crippen molar-refractivity contribution in [2.24, 2.45) is 0 Å². The molecular weight excluding hydrogens is 741 g/mol. The van der Waals surface area contributed by atoms with Crippen molar-refractivity contribution in [3.05, 3.63) is 36.5 Å². The Morgan fingerprint density at radius 3 is 1.15 bits per heavy atom. The van der Waals surface area contributed by atoms with Gasteiger partial charge in [-0.3, -0.25) is 9.59 Å². The van der Waals surface area contributed by atoms with E-state index in [0.717, 1.165) is 51.4 Å². The Hall–Kier alpha value is -1.88. The molecule has 0 spiro atoms. The van der Waals surface area contributed by atoms with Gasteiger partial charge in [-0.2, -0.15) is 0 Å². The highest BCUT2D eigenvalue weighted by Crippen LogP contribution is 2.15. The molecular formula is C55H102O5. The maximum absolute atomic E-state index is 12.8. The highest BCUT2D eigenvalue weighted by Gasteiger charge is 2.17. The van der Waals surface area contributed by atoms with E-state index < -0.39 is 6.10 Å². The fourth-order valence-electron chi connectivity index (χ4n) is 7.65. The van der Waals surface area contributed by atoms with Gasteiger partial charge in [0.2, 0.25) is 0 Å². The zero-order valence-electron chi connectivity index (χ0n) is 40.5. The number of unbranched alkanes of at least 4 members (excludes halogenated alkanes) is 32. The van der Waals surface area contributed by atoms with Crippen molar-refractivity contribution in [2.45, 2.75) is 284 Å². The first-order valence-corrected chi connectivity index (χ1v) is 26.5. The molecule has 0 heterocycles. The molecule has 5 nitrogen and oxygen atoms in total. The Morgan fingerprint density at radius 1 is 0.367 bits per heavy atom. The summed E-state index contributed by atoms with van der Waals surface area (Å²) in [6.07, 6.45) is 61.5. The monoisotopic (exact) mass is 843 g/mol. The number of ether oxygens (including phenoxy) is 3. The molecule has 0 bridgehead atoms. The minimum Gasteiger partial charge on any atom is -0.462 e. The first-order chi connectivity index (χ1) is 29.6. The molecule has 0 aromatic rings. The molecule has 0 fully saturated rings. The molecule has 0 saturated heterocycles. The van der Waals surface area contributed by atoms with Crippen LogP contribution in [-0.4, -0.2) is 37.9 Å². The van der Waals surface area contributed by atoms with Gasteiger partial charge in [-0.1, -0.05) is 224 Å². The van der Waals surface area contributed by atoms with Crippen LogP contribution in [0.3, 0.4) is 0 Å². The topological polar surface area (TPSA) is 61.8 Å². The summed E-state index contributed by atoms with van der Waals surface area (Å²) in [6.45, 7) is 7.82. The Kier molecular flexibility index (Phi) is 49.9. The van der Waals surface area contributed by atoms with Crippen LogP contribution in [0.15, 0.2) is 36.5 Å². The smallest absolute Gasteiger partial charge is 0.306 e. The zero-order chi connectivity index (χ0) is 43.5. The fraction of sp³-hybridized carbons (Fsp3) is 0.855. The van der Waals surface area contributed by atoms with Crippen molar-refractivity contribution in [1.82, 2.24) is 0 Å². The van der Waals surface area contributed by atoms with Gasteiger partial charge in [-0.05, 0) is 77.0 Å². The summed E-state index contributed by atoms with van der Waals surface area (Å²) in [5.41, 5.74) is 0. The van der Waals surface area contributed by atoms with Crippen LogP contribution in [-0.2, 0) is 23.8 Å². The van der Waals surface area contributed by atoms with E-state index >= 15 is 0 Å². The molecule has 1 atom stereocenters. The van der Waals surface area contributed by atoms with E-state index in [9.17, 15) is 9.59 Å². The second-order valence-corrected chi connectivity index (χ2v) is 17.8. The van der Waals surface area contributed by atoms with Crippen molar-refractivity contribution in [3.8, 4) is 0 Å². The molecule has 0 aliphatic carbocycles. The average Bonchev–Trinajstić information content (AvgIpc) is 3.25. The molecule has 0 aromatic heterocycles. The van der Waals surface area contributed by atoms with Gasteiger partial charge in [0, 0.05) is 19.4 Å². The molecule has 0 rings (SSSR count). The third kappa shape index (κ3) is 48.8. The Labute approximate surface area is 374 Å². The number of hydrogen-bond acceptors (Lipinski definition) is 5. The highest BCUT2D eigenvalue weighted by molar-refractivity contribution is 5.70. The van der Waals surface area contributed by atoms with Crippen molar-refractivity contribution < 1.29 is 23.8 Å². The number of carbonyl (C=O) groups excluding carboxylic acids is 2. The number of allylic oxidation sites excluding steroid dienone is 6. The summed E-state index contributed by atoms with van der Waals surface area (Å²) in [6, 6.07) is 0. The summed E-state index contributed by atoms with van der Waals surface area (Å²) >= 11 is 0. The van der Waals surface area contributed by atoms with Gasteiger partial charge >= 0.3 is 11.9 Å². The van der Waals surface area contributed by atoms with E-state index in [1.165, 1.54) is 193 Å². The lowest BCUT2D eigenvalue weighted by Gasteiger charge is -2.18. The summed E-state index contributed by atoms with van der Waals surface area (Å²) in [5.74, 6) is -0.404. The third-order valence-corrected chi connectivity index (χ3v) is 11.6.